The van der Waals surface area contributed by atoms with Crippen LogP contribution in [-0.2, 0) is 0 Å². The van der Waals surface area contributed by atoms with Gasteiger partial charge in [-0.05, 0) is 61.7 Å². The van der Waals surface area contributed by atoms with Gasteiger partial charge in [0.1, 0.15) is 6.33 Å². The zero-order valence-corrected chi connectivity index (χ0v) is 15.4. The minimum atomic E-state index is 0.403. The molecule has 130 valence electrons. The number of nitriles is 1. The molecule has 0 fully saturated rings. The van der Waals surface area contributed by atoms with Crippen LogP contribution in [0.1, 0.15) is 22.3 Å². The van der Waals surface area contributed by atoms with Crippen molar-refractivity contribution in [3.05, 3.63) is 63.9 Å². The molecule has 0 aliphatic carbocycles. The summed E-state index contributed by atoms with van der Waals surface area (Å²) in [5.41, 5.74) is 5.31. The monoisotopic (exact) mass is 364 g/mol. The van der Waals surface area contributed by atoms with Gasteiger partial charge in [0.25, 0.3) is 0 Å². The molecule has 0 saturated heterocycles. The summed E-state index contributed by atoms with van der Waals surface area (Å²) in [6.45, 7) is 5.95. The van der Waals surface area contributed by atoms with E-state index in [-0.39, 0.29) is 0 Å². The first-order valence-electron chi connectivity index (χ1n) is 7.97. The lowest BCUT2D eigenvalue weighted by atomic mass is 10.1. The van der Waals surface area contributed by atoms with E-state index in [4.69, 9.17) is 16.9 Å². The number of anilines is 4. The van der Waals surface area contributed by atoms with E-state index in [0.29, 0.717) is 17.5 Å². The highest BCUT2D eigenvalue weighted by molar-refractivity contribution is 6.32. The molecule has 1 heterocycles. The van der Waals surface area contributed by atoms with Crippen LogP contribution in [0.15, 0.2) is 36.7 Å². The lowest BCUT2D eigenvalue weighted by Gasteiger charge is -2.15. The number of hydrogen-bond acceptors (Lipinski definition) is 6. The number of rotatable bonds is 4. The maximum atomic E-state index is 8.86. The molecule has 0 aliphatic rings. The first-order chi connectivity index (χ1) is 12.5. The van der Waals surface area contributed by atoms with Gasteiger partial charge in [0.05, 0.1) is 11.6 Å². The number of hydrogen-bond donors (Lipinski definition) is 2. The SMILES string of the molecule is Cc1cc(C)c(Nc2ncnc(Nc3ccc(C#N)cc3)n2)c(C)c1Cl. The molecular weight excluding hydrogens is 348 g/mol. The summed E-state index contributed by atoms with van der Waals surface area (Å²) in [4.78, 5) is 12.7. The second-order valence-electron chi connectivity index (χ2n) is 5.90. The zero-order valence-electron chi connectivity index (χ0n) is 14.6. The third-order valence-electron chi connectivity index (χ3n) is 3.96. The molecule has 0 spiro atoms. The average molecular weight is 365 g/mol. The van der Waals surface area contributed by atoms with Crippen molar-refractivity contribution in [2.45, 2.75) is 20.8 Å². The summed E-state index contributed by atoms with van der Waals surface area (Å²) in [6.07, 6.45) is 1.43. The maximum absolute atomic E-state index is 8.86. The minimum Gasteiger partial charge on any atom is -0.324 e. The minimum absolute atomic E-state index is 0.403. The van der Waals surface area contributed by atoms with E-state index in [1.54, 1.807) is 24.3 Å². The Morgan fingerprint density at radius 2 is 1.62 bits per heavy atom. The second-order valence-corrected chi connectivity index (χ2v) is 6.27. The summed E-state index contributed by atoms with van der Waals surface area (Å²) in [5, 5.41) is 15.9. The molecule has 3 rings (SSSR count). The third-order valence-corrected chi connectivity index (χ3v) is 4.54. The fraction of sp³-hybridized carbons (Fsp3) is 0.158. The molecule has 0 aliphatic heterocycles. The van der Waals surface area contributed by atoms with Crippen LogP contribution in [0, 0.1) is 32.1 Å². The summed E-state index contributed by atoms with van der Waals surface area (Å²) >= 11 is 6.36. The third kappa shape index (κ3) is 3.73. The predicted octanol–water partition coefficient (Wildman–Crippen LogP) is 4.81. The van der Waals surface area contributed by atoms with Crippen molar-refractivity contribution in [1.29, 1.82) is 5.26 Å². The second kappa shape index (κ2) is 7.38. The Balaban J connectivity index is 1.84. The van der Waals surface area contributed by atoms with E-state index < -0.39 is 0 Å². The number of benzene rings is 2. The predicted molar refractivity (Wildman–Crippen MR) is 103 cm³/mol. The van der Waals surface area contributed by atoms with Crippen molar-refractivity contribution in [2.75, 3.05) is 10.6 Å². The van der Waals surface area contributed by atoms with Crippen molar-refractivity contribution in [2.24, 2.45) is 0 Å². The Labute approximate surface area is 156 Å². The van der Waals surface area contributed by atoms with Crippen molar-refractivity contribution in [3.63, 3.8) is 0 Å². The van der Waals surface area contributed by atoms with Crippen molar-refractivity contribution in [1.82, 2.24) is 15.0 Å². The summed E-state index contributed by atoms with van der Waals surface area (Å²) < 4.78 is 0. The molecule has 0 amide bonds. The number of nitrogens with zero attached hydrogens (tertiary/aromatic N) is 4. The summed E-state index contributed by atoms with van der Waals surface area (Å²) in [7, 11) is 0. The molecule has 26 heavy (non-hydrogen) atoms. The van der Waals surface area contributed by atoms with Crippen molar-refractivity contribution < 1.29 is 0 Å². The number of aromatic nitrogens is 3. The first-order valence-corrected chi connectivity index (χ1v) is 8.35. The highest BCUT2D eigenvalue weighted by atomic mass is 35.5. The first kappa shape index (κ1) is 17.6. The van der Waals surface area contributed by atoms with Crippen LogP contribution in [-0.4, -0.2) is 15.0 Å². The molecule has 7 heteroatoms. The Bertz CT molecular complexity index is 992. The Hall–Kier alpha value is -3.17. The standard InChI is InChI=1S/C19H17ClN6/c1-11-8-12(2)17(13(3)16(11)20)25-19-23-10-22-18(26-19)24-15-6-4-14(9-21)5-7-15/h4-8,10H,1-3H3,(H2,22,23,24,25,26). The van der Waals surface area contributed by atoms with Gasteiger partial charge in [0.2, 0.25) is 11.9 Å². The van der Waals surface area contributed by atoms with Gasteiger partial charge >= 0.3 is 0 Å². The van der Waals surface area contributed by atoms with Gasteiger partial charge in [-0.15, -0.1) is 0 Å². The highest BCUT2D eigenvalue weighted by Gasteiger charge is 2.11. The Kier molecular flexibility index (Phi) is 5.01. The molecule has 0 unspecified atom stereocenters. The van der Waals surface area contributed by atoms with Gasteiger partial charge in [0.15, 0.2) is 0 Å². The van der Waals surface area contributed by atoms with E-state index in [0.717, 1.165) is 33.1 Å². The van der Waals surface area contributed by atoms with Crippen LogP contribution < -0.4 is 10.6 Å². The normalized spacial score (nSPS) is 10.3. The van der Waals surface area contributed by atoms with Gasteiger partial charge in [0, 0.05) is 16.4 Å². The van der Waals surface area contributed by atoms with E-state index >= 15 is 0 Å². The summed E-state index contributed by atoms with van der Waals surface area (Å²) in [5.74, 6) is 0.822. The van der Waals surface area contributed by atoms with Crippen LogP contribution in [0.25, 0.3) is 0 Å². The maximum Gasteiger partial charge on any atom is 0.232 e. The van der Waals surface area contributed by atoms with Gasteiger partial charge in [-0.2, -0.15) is 10.2 Å². The van der Waals surface area contributed by atoms with E-state index in [9.17, 15) is 0 Å². The lowest BCUT2D eigenvalue weighted by molar-refractivity contribution is 1.06. The number of halogens is 1. The highest BCUT2D eigenvalue weighted by Crippen LogP contribution is 2.31. The topological polar surface area (TPSA) is 86.5 Å². The fourth-order valence-corrected chi connectivity index (χ4v) is 2.79. The van der Waals surface area contributed by atoms with Crippen molar-refractivity contribution >= 4 is 34.9 Å². The van der Waals surface area contributed by atoms with Crippen molar-refractivity contribution in [3.8, 4) is 6.07 Å². The molecule has 2 aromatic carbocycles. The van der Waals surface area contributed by atoms with Crippen LogP contribution in [0.3, 0.4) is 0 Å². The van der Waals surface area contributed by atoms with Crippen LogP contribution in [0.4, 0.5) is 23.3 Å². The molecule has 1 aromatic heterocycles. The summed E-state index contributed by atoms with van der Waals surface area (Å²) in [6, 6.07) is 11.1. The largest absolute Gasteiger partial charge is 0.324 e. The van der Waals surface area contributed by atoms with Crippen LogP contribution >= 0.6 is 11.6 Å². The molecule has 6 nitrogen and oxygen atoms in total. The molecular formula is C19H17ClN6. The van der Waals surface area contributed by atoms with E-state index in [1.807, 2.05) is 26.8 Å². The van der Waals surface area contributed by atoms with Gasteiger partial charge in [-0.25, -0.2) is 9.97 Å². The number of aryl methyl sites for hydroxylation is 2. The molecule has 0 bridgehead atoms. The van der Waals surface area contributed by atoms with Crippen LogP contribution in [0.5, 0.6) is 0 Å². The molecule has 3 aromatic rings. The fourth-order valence-electron chi connectivity index (χ4n) is 2.64. The Morgan fingerprint density at radius 3 is 2.27 bits per heavy atom. The smallest absolute Gasteiger partial charge is 0.232 e. The molecule has 0 atom stereocenters. The molecule has 0 radical (unpaired) electrons. The van der Waals surface area contributed by atoms with E-state index in [1.165, 1.54) is 6.33 Å². The van der Waals surface area contributed by atoms with Gasteiger partial charge < -0.3 is 10.6 Å². The lowest BCUT2D eigenvalue weighted by Crippen LogP contribution is -2.05. The number of nitrogens with one attached hydrogen (secondary N) is 2. The van der Waals surface area contributed by atoms with Gasteiger partial charge in [-0.3, -0.25) is 0 Å². The molecule has 2 N–H and O–H groups in total. The average Bonchev–Trinajstić information content (AvgIpc) is 2.64. The van der Waals surface area contributed by atoms with Gasteiger partial charge in [-0.1, -0.05) is 17.7 Å². The van der Waals surface area contributed by atoms with E-state index in [2.05, 4.69) is 31.7 Å². The Morgan fingerprint density at radius 1 is 0.962 bits per heavy atom. The van der Waals surface area contributed by atoms with Crippen LogP contribution in [0.2, 0.25) is 5.02 Å². The quantitative estimate of drug-likeness (QED) is 0.690. The molecule has 0 saturated carbocycles. The zero-order chi connectivity index (χ0) is 18.7.